The molecule has 0 saturated heterocycles. The van der Waals surface area contributed by atoms with Crippen molar-refractivity contribution in [3.63, 3.8) is 0 Å². The van der Waals surface area contributed by atoms with Crippen molar-refractivity contribution in [2.75, 3.05) is 11.1 Å². The van der Waals surface area contributed by atoms with Gasteiger partial charge < -0.3 is 4.74 Å². The summed E-state index contributed by atoms with van der Waals surface area (Å²) in [7, 11) is 0. The molecule has 0 radical (unpaired) electrons. The van der Waals surface area contributed by atoms with Gasteiger partial charge in [-0.15, -0.1) is 20.4 Å². The number of thioether (sulfide) groups is 1. The number of nitrogens with zero attached hydrogens (tertiary/aromatic N) is 5. The van der Waals surface area contributed by atoms with Crippen LogP contribution in [0.1, 0.15) is 23.9 Å². The smallest absolute Gasteiger partial charge is 0.236 e. The van der Waals surface area contributed by atoms with Gasteiger partial charge in [-0.25, -0.2) is 4.39 Å². The summed E-state index contributed by atoms with van der Waals surface area (Å²) in [6.45, 7) is 3.66. The molecule has 4 rings (SSSR count). The Balaban J connectivity index is 1.53. The SMILES string of the molecule is Cc1nnc(NC(=O)CSc2nnc(C(C)Oc3ccc(F)cc3)n2-c2ccccc2)s1. The summed E-state index contributed by atoms with van der Waals surface area (Å²) >= 11 is 2.56. The number of aryl methyl sites for hydroxylation is 1. The van der Waals surface area contributed by atoms with E-state index < -0.39 is 6.10 Å². The number of rotatable bonds is 8. The first-order valence-electron chi connectivity index (χ1n) is 9.65. The van der Waals surface area contributed by atoms with Crippen molar-refractivity contribution in [1.29, 1.82) is 0 Å². The number of hydrogen-bond donors (Lipinski definition) is 1. The van der Waals surface area contributed by atoms with Gasteiger partial charge in [0.1, 0.15) is 16.6 Å². The molecule has 32 heavy (non-hydrogen) atoms. The predicted octanol–water partition coefficient (Wildman–Crippen LogP) is 4.44. The van der Waals surface area contributed by atoms with Gasteiger partial charge in [-0.1, -0.05) is 41.3 Å². The van der Waals surface area contributed by atoms with Crippen molar-refractivity contribution < 1.29 is 13.9 Å². The van der Waals surface area contributed by atoms with Gasteiger partial charge in [0.15, 0.2) is 17.1 Å². The second-order valence-corrected chi connectivity index (χ2v) is 8.81. The van der Waals surface area contributed by atoms with Crippen LogP contribution in [0.5, 0.6) is 5.75 Å². The Morgan fingerprint density at radius 2 is 1.88 bits per heavy atom. The van der Waals surface area contributed by atoms with E-state index in [-0.39, 0.29) is 17.5 Å². The van der Waals surface area contributed by atoms with Crippen molar-refractivity contribution in [1.82, 2.24) is 25.0 Å². The van der Waals surface area contributed by atoms with Gasteiger partial charge >= 0.3 is 0 Å². The highest BCUT2D eigenvalue weighted by Gasteiger charge is 2.22. The summed E-state index contributed by atoms with van der Waals surface area (Å²) in [4.78, 5) is 12.3. The molecule has 0 saturated carbocycles. The molecule has 0 aliphatic carbocycles. The first-order chi connectivity index (χ1) is 15.5. The molecule has 4 aromatic rings. The number of carbonyl (C=O) groups excluding carboxylic acids is 1. The molecule has 0 bridgehead atoms. The maximum atomic E-state index is 13.2. The summed E-state index contributed by atoms with van der Waals surface area (Å²) in [6, 6.07) is 15.4. The van der Waals surface area contributed by atoms with Gasteiger partial charge in [-0.2, -0.15) is 0 Å². The number of ether oxygens (including phenoxy) is 1. The fraction of sp³-hybridized carbons (Fsp3) is 0.190. The average Bonchev–Trinajstić information content (AvgIpc) is 3.40. The zero-order valence-corrected chi connectivity index (χ0v) is 18.9. The maximum absolute atomic E-state index is 13.2. The van der Waals surface area contributed by atoms with E-state index in [9.17, 15) is 9.18 Å². The minimum absolute atomic E-state index is 0.122. The van der Waals surface area contributed by atoms with Crippen LogP contribution in [0.3, 0.4) is 0 Å². The minimum Gasteiger partial charge on any atom is -0.483 e. The highest BCUT2D eigenvalue weighted by Crippen LogP contribution is 2.28. The Kier molecular flexibility index (Phi) is 6.76. The molecule has 0 fully saturated rings. The minimum atomic E-state index is -0.472. The average molecular weight is 471 g/mol. The van der Waals surface area contributed by atoms with E-state index in [1.54, 1.807) is 12.1 Å². The summed E-state index contributed by atoms with van der Waals surface area (Å²) in [5.41, 5.74) is 0.838. The summed E-state index contributed by atoms with van der Waals surface area (Å²) in [5, 5.41) is 20.9. The summed E-state index contributed by atoms with van der Waals surface area (Å²) in [6.07, 6.45) is -0.472. The van der Waals surface area contributed by atoms with Crippen molar-refractivity contribution in [3.8, 4) is 11.4 Å². The van der Waals surface area contributed by atoms with Crippen molar-refractivity contribution in [3.05, 3.63) is 71.2 Å². The molecule has 8 nitrogen and oxygen atoms in total. The van der Waals surface area contributed by atoms with Crippen LogP contribution in [-0.2, 0) is 4.79 Å². The number of halogens is 1. The fourth-order valence-electron chi connectivity index (χ4n) is 2.86. The van der Waals surface area contributed by atoms with Gasteiger partial charge in [-0.3, -0.25) is 14.7 Å². The predicted molar refractivity (Wildman–Crippen MR) is 121 cm³/mol. The van der Waals surface area contributed by atoms with Crippen molar-refractivity contribution >= 4 is 34.1 Å². The maximum Gasteiger partial charge on any atom is 0.236 e. The lowest BCUT2D eigenvalue weighted by Gasteiger charge is -2.16. The van der Waals surface area contributed by atoms with E-state index in [4.69, 9.17) is 4.74 Å². The monoisotopic (exact) mass is 470 g/mol. The summed E-state index contributed by atoms with van der Waals surface area (Å²) in [5.74, 6) is 0.645. The number of benzene rings is 2. The lowest BCUT2D eigenvalue weighted by atomic mass is 10.3. The van der Waals surface area contributed by atoms with Gasteiger partial charge in [0.25, 0.3) is 0 Å². The van der Waals surface area contributed by atoms with E-state index in [1.165, 1.54) is 35.2 Å². The molecular formula is C21H19FN6O2S2. The molecule has 1 N–H and O–H groups in total. The van der Waals surface area contributed by atoms with E-state index >= 15 is 0 Å². The standard InChI is InChI=1S/C21H19FN6O2S2/c1-13(30-17-10-8-15(22)9-11-17)19-25-27-21(28(19)16-6-4-3-5-7-16)31-12-18(29)23-20-26-24-14(2)32-20/h3-11,13H,12H2,1-2H3,(H,23,26,29). The number of aromatic nitrogens is 5. The largest absolute Gasteiger partial charge is 0.483 e. The molecule has 1 atom stereocenters. The third-order valence-electron chi connectivity index (χ3n) is 4.27. The van der Waals surface area contributed by atoms with Crippen molar-refractivity contribution in [2.24, 2.45) is 0 Å². The van der Waals surface area contributed by atoms with Crippen LogP contribution in [0, 0.1) is 12.7 Å². The molecule has 0 spiro atoms. The van der Waals surface area contributed by atoms with E-state index in [0.29, 0.717) is 21.9 Å². The Hall–Kier alpha value is -3.31. The van der Waals surface area contributed by atoms with Gasteiger partial charge in [0, 0.05) is 5.69 Å². The first kappa shape index (κ1) is 21.9. The van der Waals surface area contributed by atoms with Gasteiger partial charge in [-0.05, 0) is 50.2 Å². The molecule has 2 aromatic carbocycles. The Labute approximate surface area is 191 Å². The van der Waals surface area contributed by atoms with Crippen LogP contribution < -0.4 is 10.1 Å². The summed E-state index contributed by atoms with van der Waals surface area (Å²) < 4.78 is 21.0. The Bertz CT molecular complexity index is 1200. The van der Waals surface area contributed by atoms with Crippen LogP contribution >= 0.6 is 23.1 Å². The second kappa shape index (κ2) is 9.88. The van der Waals surface area contributed by atoms with Crippen LogP contribution in [0.2, 0.25) is 0 Å². The molecule has 11 heteroatoms. The van der Waals surface area contributed by atoms with Crippen LogP contribution in [-0.4, -0.2) is 36.6 Å². The zero-order valence-electron chi connectivity index (χ0n) is 17.2. The highest BCUT2D eigenvalue weighted by molar-refractivity contribution is 7.99. The number of carbonyl (C=O) groups is 1. The van der Waals surface area contributed by atoms with Gasteiger partial charge in [0.2, 0.25) is 11.0 Å². The van der Waals surface area contributed by atoms with E-state index in [2.05, 4.69) is 25.7 Å². The van der Waals surface area contributed by atoms with Gasteiger partial charge in [0.05, 0.1) is 5.75 Å². The molecule has 2 heterocycles. The van der Waals surface area contributed by atoms with Crippen LogP contribution in [0.25, 0.3) is 5.69 Å². The highest BCUT2D eigenvalue weighted by atomic mass is 32.2. The second-order valence-electron chi connectivity index (χ2n) is 6.69. The third kappa shape index (κ3) is 5.29. The fourth-order valence-corrected chi connectivity index (χ4v) is 4.23. The third-order valence-corrected chi connectivity index (χ3v) is 5.95. The normalized spacial score (nSPS) is 11.8. The quantitative estimate of drug-likeness (QED) is 0.381. The van der Waals surface area contributed by atoms with Crippen LogP contribution in [0.4, 0.5) is 9.52 Å². The molecule has 164 valence electrons. The zero-order chi connectivity index (χ0) is 22.5. The first-order valence-corrected chi connectivity index (χ1v) is 11.5. The van der Waals surface area contributed by atoms with Crippen molar-refractivity contribution in [2.45, 2.75) is 25.1 Å². The lowest BCUT2D eigenvalue weighted by molar-refractivity contribution is -0.113. The molecular weight excluding hydrogens is 451 g/mol. The number of amides is 1. The van der Waals surface area contributed by atoms with E-state index in [1.807, 2.05) is 48.7 Å². The van der Waals surface area contributed by atoms with Crippen LogP contribution in [0.15, 0.2) is 59.8 Å². The number of hydrogen-bond acceptors (Lipinski definition) is 8. The molecule has 2 aromatic heterocycles. The molecule has 1 unspecified atom stereocenters. The number of para-hydroxylation sites is 1. The molecule has 1 amide bonds. The topological polar surface area (TPSA) is 94.8 Å². The Morgan fingerprint density at radius 3 is 2.56 bits per heavy atom. The Morgan fingerprint density at radius 1 is 1.12 bits per heavy atom. The molecule has 0 aliphatic rings. The number of nitrogens with one attached hydrogen (secondary N) is 1. The number of anilines is 1. The lowest BCUT2D eigenvalue weighted by Crippen LogP contribution is -2.15. The van der Waals surface area contributed by atoms with E-state index in [0.717, 1.165) is 10.7 Å². The molecule has 0 aliphatic heterocycles.